The third-order valence-electron chi connectivity index (χ3n) is 5.78. The second-order valence-electron chi connectivity index (χ2n) is 7.62. The van der Waals surface area contributed by atoms with E-state index in [-0.39, 0.29) is 17.0 Å². The number of aromatic nitrogens is 2. The molecule has 0 bridgehead atoms. The van der Waals surface area contributed by atoms with Gasteiger partial charge in [-0.25, -0.2) is 4.68 Å². The first-order valence-electron chi connectivity index (χ1n) is 9.90. The Hall–Kier alpha value is -2.95. The molecule has 2 aromatic carbocycles. The predicted molar refractivity (Wildman–Crippen MR) is 110 cm³/mol. The molecular formula is C23H25N3O2. The Morgan fingerprint density at radius 2 is 1.68 bits per heavy atom. The van der Waals surface area contributed by atoms with E-state index in [0.717, 1.165) is 36.8 Å². The number of hydrogen-bond donors (Lipinski definition) is 1. The topological polar surface area (TPSA) is 64.0 Å². The average molecular weight is 375 g/mol. The number of fused-ring (bicyclic) bond motifs is 1. The molecule has 5 heteroatoms. The van der Waals surface area contributed by atoms with E-state index >= 15 is 0 Å². The molecule has 5 nitrogen and oxygen atoms in total. The lowest BCUT2D eigenvalue weighted by Gasteiger charge is -2.31. The van der Waals surface area contributed by atoms with Crippen molar-refractivity contribution in [3.05, 3.63) is 76.2 Å². The minimum atomic E-state index is -0.253. The maximum absolute atomic E-state index is 12.8. The van der Waals surface area contributed by atoms with Crippen LogP contribution in [0.3, 0.4) is 0 Å². The minimum Gasteiger partial charge on any atom is -0.347 e. The van der Waals surface area contributed by atoms with Crippen molar-refractivity contribution in [2.45, 2.75) is 44.1 Å². The first-order chi connectivity index (χ1) is 13.6. The van der Waals surface area contributed by atoms with Crippen molar-refractivity contribution in [2.24, 2.45) is 7.05 Å². The zero-order chi connectivity index (χ0) is 19.6. The number of rotatable bonds is 5. The largest absolute Gasteiger partial charge is 0.347 e. The van der Waals surface area contributed by atoms with Gasteiger partial charge in [0.1, 0.15) is 0 Å². The molecule has 1 aliphatic rings. The second kappa shape index (κ2) is 7.58. The van der Waals surface area contributed by atoms with Crippen molar-refractivity contribution in [3.8, 4) is 0 Å². The van der Waals surface area contributed by atoms with Crippen LogP contribution in [-0.4, -0.2) is 15.7 Å². The summed E-state index contributed by atoms with van der Waals surface area (Å²) in [6.45, 7) is 0. The van der Waals surface area contributed by atoms with E-state index in [1.165, 1.54) is 10.2 Å². The Bertz CT molecular complexity index is 1050. The molecule has 1 amide bonds. The van der Waals surface area contributed by atoms with Crippen LogP contribution in [0.15, 0.2) is 59.4 Å². The Kier molecular flexibility index (Phi) is 4.99. The quantitative estimate of drug-likeness (QED) is 0.743. The molecule has 0 unspecified atom stereocenters. The third-order valence-corrected chi connectivity index (χ3v) is 5.78. The first-order valence-corrected chi connectivity index (χ1v) is 9.90. The van der Waals surface area contributed by atoms with Crippen LogP contribution in [0.25, 0.3) is 10.8 Å². The third kappa shape index (κ3) is 3.44. The average Bonchev–Trinajstić information content (AvgIpc) is 3.20. The predicted octanol–water partition coefficient (Wildman–Crippen LogP) is 3.45. The molecule has 4 rings (SSSR count). The first kappa shape index (κ1) is 18.4. The monoisotopic (exact) mass is 375 g/mol. The Morgan fingerprint density at radius 1 is 1.04 bits per heavy atom. The number of carbonyl (C=O) groups is 1. The lowest BCUT2D eigenvalue weighted by Crippen LogP contribution is -2.43. The van der Waals surface area contributed by atoms with Gasteiger partial charge in [-0.3, -0.25) is 9.59 Å². The van der Waals surface area contributed by atoms with Gasteiger partial charge in [-0.1, -0.05) is 61.4 Å². The minimum absolute atomic E-state index is 0.0329. The van der Waals surface area contributed by atoms with Gasteiger partial charge in [0.15, 0.2) is 0 Å². The highest BCUT2D eigenvalue weighted by Gasteiger charge is 2.36. The van der Waals surface area contributed by atoms with Crippen molar-refractivity contribution in [2.75, 3.05) is 0 Å². The molecule has 28 heavy (non-hydrogen) atoms. The van der Waals surface area contributed by atoms with Crippen molar-refractivity contribution >= 4 is 16.7 Å². The van der Waals surface area contributed by atoms with Gasteiger partial charge in [0.2, 0.25) is 5.91 Å². The number of nitrogens with one attached hydrogen (secondary N) is 1. The van der Waals surface area contributed by atoms with Crippen molar-refractivity contribution in [1.82, 2.24) is 15.1 Å². The van der Waals surface area contributed by atoms with E-state index < -0.39 is 0 Å². The van der Waals surface area contributed by atoms with Gasteiger partial charge in [0, 0.05) is 25.3 Å². The number of aryl methyl sites for hydroxylation is 2. The molecule has 0 saturated heterocycles. The number of nitrogens with zero attached hydrogens (tertiary/aromatic N) is 2. The number of benzene rings is 2. The number of amides is 1. The summed E-state index contributed by atoms with van der Waals surface area (Å²) in [4.78, 5) is 25.1. The van der Waals surface area contributed by atoms with Crippen LogP contribution in [0, 0.1) is 0 Å². The maximum Gasteiger partial charge on any atom is 0.274 e. The van der Waals surface area contributed by atoms with E-state index in [9.17, 15) is 9.59 Å². The lowest BCUT2D eigenvalue weighted by atomic mass is 9.88. The fraction of sp³-hybridized carbons (Fsp3) is 0.348. The van der Waals surface area contributed by atoms with Gasteiger partial charge in [0.05, 0.1) is 16.6 Å². The van der Waals surface area contributed by atoms with Crippen LogP contribution in [0.1, 0.15) is 43.4 Å². The fourth-order valence-electron chi connectivity index (χ4n) is 4.34. The zero-order valence-electron chi connectivity index (χ0n) is 16.1. The van der Waals surface area contributed by atoms with Crippen LogP contribution in [0.2, 0.25) is 0 Å². The van der Waals surface area contributed by atoms with Gasteiger partial charge in [0.25, 0.3) is 5.56 Å². The van der Waals surface area contributed by atoms with Crippen LogP contribution < -0.4 is 10.9 Å². The smallest absolute Gasteiger partial charge is 0.274 e. The SMILES string of the molecule is Cn1nc(CCC(=O)NC2(c3ccccc3)CCCC2)c2ccccc2c1=O. The molecule has 0 spiro atoms. The normalized spacial score (nSPS) is 15.6. The molecule has 0 aliphatic heterocycles. The molecule has 1 N–H and O–H groups in total. The number of hydrogen-bond acceptors (Lipinski definition) is 3. The summed E-state index contributed by atoms with van der Waals surface area (Å²) in [5.41, 5.74) is 1.61. The molecule has 1 aliphatic carbocycles. The van der Waals surface area contributed by atoms with Gasteiger partial charge in [-0.05, 0) is 24.5 Å². The van der Waals surface area contributed by atoms with Crippen molar-refractivity contribution in [1.29, 1.82) is 0 Å². The fourth-order valence-corrected chi connectivity index (χ4v) is 4.34. The Balaban J connectivity index is 1.53. The summed E-state index contributed by atoms with van der Waals surface area (Å²) in [5, 5.41) is 9.20. The van der Waals surface area contributed by atoms with Gasteiger partial charge in [-0.2, -0.15) is 5.10 Å². The molecule has 3 aromatic rings. The molecule has 1 saturated carbocycles. The maximum atomic E-state index is 12.8. The molecule has 1 heterocycles. The van der Waals surface area contributed by atoms with Gasteiger partial charge >= 0.3 is 0 Å². The number of carbonyl (C=O) groups excluding carboxylic acids is 1. The van der Waals surface area contributed by atoms with Crippen molar-refractivity contribution in [3.63, 3.8) is 0 Å². The highest BCUT2D eigenvalue weighted by Crippen LogP contribution is 2.38. The van der Waals surface area contributed by atoms with E-state index in [4.69, 9.17) is 0 Å². The molecule has 0 atom stereocenters. The van der Waals surface area contributed by atoms with Gasteiger partial charge in [-0.15, -0.1) is 0 Å². The summed E-state index contributed by atoms with van der Waals surface area (Å²) in [6.07, 6.45) is 5.06. The zero-order valence-corrected chi connectivity index (χ0v) is 16.1. The van der Waals surface area contributed by atoms with E-state index in [1.54, 1.807) is 7.05 Å². The Morgan fingerprint density at radius 3 is 2.39 bits per heavy atom. The molecule has 1 fully saturated rings. The van der Waals surface area contributed by atoms with Crippen LogP contribution in [0.4, 0.5) is 0 Å². The molecule has 1 aromatic heterocycles. The van der Waals surface area contributed by atoms with E-state index in [1.807, 2.05) is 42.5 Å². The van der Waals surface area contributed by atoms with Crippen LogP contribution in [-0.2, 0) is 23.8 Å². The molecular weight excluding hydrogens is 350 g/mol. The van der Waals surface area contributed by atoms with E-state index in [2.05, 4.69) is 22.5 Å². The second-order valence-corrected chi connectivity index (χ2v) is 7.62. The summed E-state index contributed by atoms with van der Waals surface area (Å²) in [5.74, 6) is 0.0329. The summed E-state index contributed by atoms with van der Waals surface area (Å²) < 4.78 is 1.36. The Labute approximate surface area is 164 Å². The summed E-state index contributed by atoms with van der Waals surface area (Å²) >= 11 is 0. The highest BCUT2D eigenvalue weighted by atomic mass is 16.1. The van der Waals surface area contributed by atoms with E-state index in [0.29, 0.717) is 18.2 Å². The van der Waals surface area contributed by atoms with Crippen molar-refractivity contribution < 1.29 is 4.79 Å². The molecule has 144 valence electrons. The summed E-state index contributed by atoms with van der Waals surface area (Å²) in [6, 6.07) is 17.7. The lowest BCUT2D eigenvalue weighted by molar-refractivity contribution is -0.123. The van der Waals surface area contributed by atoms with Gasteiger partial charge < -0.3 is 5.32 Å². The van der Waals surface area contributed by atoms with Crippen LogP contribution in [0.5, 0.6) is 0 Å². The summed E-state index contributed by atoms with van der Waals surface area (Å²) in [7, 11) is 1.65. The molecule has 0 radical (unpaired) electrons. The highest BCUT2D eigenvalue weighted by molar-refractivity contribution is 5.84. The standard InChI is InChI=1S/C23H25N3O2/c1-26-22(28)19-12-6-5-11-18(19)20(25-26)13-14-21(27)24-23(15-7-8-16-23)17-9-3-2-4-10-17/h2-6,9-12H,7-8,13-16H2,1H3,(H,24,27). The van der Waals surface area contributed by atoms with Crippen LogP contribution >= 0.6 is 0 Å².